The van der Waals surface area contributed by atoms with Crippen LogP contribution in [-0.2, 0) is 0 Å². The summed E-state index contributed by atoms with van der Waals surface area (Å²) in [5.74, 6) is -1.97. The quantitative estimate of drug-likeness (QED) is 0.786. The van der Waals surface area contributed by atoms with Gasteiger partial charge in [-0.2, -0.15) is 0 Å². The summed E-state index contributed by atoms with van der Waals surface area (Å²) in [6, 6.07) is 5.25. The third-order valence-electron chi connectivity index (χ3n) is 2.66. The summed E-state index contributed by atoms with van der Waals surface area (Å²) in [5.41, 5.74) is 6.01. The fourth-order valence-corrected chi connectivity index (χ4v) is 2.52. The molecule has 2 rings (SSSR count). The van der Waals surface area contributed by atoms with Crippen LogP contribution in [0.2, 0.25) is 0 Å². The highest BCUT2D eigenvalue weighted by Gasteiger charge is 2.20. The van der Waals surface area contributed by atoms with Gasteiger partial charge in [0, 0.05) is 10.0 Å². The Morgan fingerprint density at radius 2 is 1.47 bits per heavy atom. The Labute approximate surface area is 124 Å². The maximum atomic E-state index is 13.8. The largest absolute Gasteiger partial charge is 0.320 e. The van der Waals surface area contributed by atoms with Gasteiger partial charge in [0.2, 0.25) is 0 Å². The van der Waals surface area contributed by atoms with Crippen molar-refractivity contribution in [3.63, 3.8) is 0 Å². The molecule has 0 amide bonds. The van der Waals surface area contributed by atoms with Crippen LogP contribution >= 0.6 is 31.9 Å². The van der Waals surface area contributed by atoms with Gasteiger partial charge in [-0.05, 0) is 45.8 Å². The van der Waals surface area contributed by atoms with E-state index >= 15 is 0 Å². The Kier molecular flexibility index (Phi) is 4.32. The molecule has 2 aromatic rings. The van der Waals surface area contributed by atoms with Crippen LogP contribution < -0.4 is 5.73 Å². The van der Waals surface area contributed by atoms with Crippen LogP contribution in [0.15, 0.2) is 39.3 Å². The molecular formula is C13H8Br2F3N. The average Bonchev–Trinajstić information content (AvgIpc) is 2.31. The van der Waals surface area contributed by atoms with Gasteiger partial charge < -0.3 is 5.73 Å². The molecular weight excluding hydrogens is 387 g/mol. The molecule has 2 aromatic carbocycles. The Hall–Kier alpha value is -0.850. The number of hydrogen-bond donors (Lipinski definition) is 1. The molecule has 0 saturated carbocycles. The van der Waals surface area contributed by atoms with Gasteiger partial charge in [-0.15, -0.1) is 0 Å². The SMILES string of the molecule is NC(c1ccc(F)c(Br)c1)c1c(F)cc(Br)cc1F. The van der Waals surface area contributed by atoms with Crippen LogP contribution in [0.4, 0.5) is 13.2 Å². The molecule has 0 aliphatic rings. The van der Waals surface area contributed by atoms with Crippen molar-refractivity contribution in [2.45, 2.75) is 6.04 Å². The van der Waals surface area contributed by atoms with Gasteiger partial charge in [0.05, 0.1) is 10.5 Å². The molecule has 0 aromatic heterocycles. The minimum atomic E-state index is -1.01. The van der Waals surface area contributed by atoms with E-state index < -0.39 is 23.5 Å². The average molecular weight is 395 g/mol. The van der Waals surface area contributed by atoms with Crippen molar-refractivity contribution in [3.05, 3.63) is 67.9 Å². The van der Waals surface area contributed by atoms with Crippen molar-refractivity contribution in [2.75, 3.05) is 0 Å². The molecule has 1 unspecified atom stereocenters. The lowest BCUT2D eigenvalue weighted by Gasteiger charge is -2.15. The maximum absolute atomic E-state index is 13.8. The molecule has 6 heteroatoms. The zero-order valence-corrected chi connectivity index (χ0v) is 12.6. The molecule has 0 saturated heterocycles. The van der Waals surface area contributed by atoms with Crippen molar-refractivity contribution in [3.8, 4) is 0 Å². The molecule has 100 valence electrons. The van der Waals surface area contributed by atoms with E-state index in [2.05, 4.69) is 31.9 Å². The van der Waals surface area contributed by atoms with Crippen LogP contribution in [-0.4, -0.2) is 0 Å². The Morgan fingerprint density at radius 1 is 0.895 bits per heavy atom. The van der Waals surface area contributed by atoms with Gasteiger partial charge in [0.1, 0.15) is 17.5 Å². The summed E-state index contributed by atoms with van der Waals surface area (Å²) in [6.07, 6.45) is 0. The minimum Gasteiger partial charge on any atom is -0.320 e. The lowest BCUT2D eigenvalue weighted by atomic mass is 9.98. The van der Waals surface area contributed by atoms with Gasteiger partial charge in [-0.3, -0.25) is 0 Å². The zero-order valence-electron chi connectivity index (χ0n) is 9.43. The van der Waals surface area contributed by atoms with E-state index in [1.807, 2.05) is 0 Å². The molecule has 0 bridgehead atoms. The Morgan fingerprint density at radius 3 is 2.00 bits per heavy atom. The van der Waals surface area contributed by atoms with E-state index in [0.717, 1.165) is 12.1 Å². The zero-order chi connectivity index (χ0) is 14.2. The normalized spacial score (nSPS) is 12.5. The first-order valence-corrected chi connectivity index (χ1v) is 6.83. The summed E-state index contributed by atoms with van der Waals surface area (Å²) in [7, 11) is 0. The van der Waals surface area contributed by atoms with Crippen LogP contribution in [0, 0.1) is 17.5 Å². The lowest BCUT2D eigenvalue weighted by molar-refractivity contribution is 0.541. The van der Waals surface area contributed by atoms with Crippen LogP contribution in [0.25, 0.3) is 0 Å². The number of halogens is 5. The first kappa shape index (κ1) is 14.6. The van der Waals surface area contributed by atoms with Crippen molar-refractivity contribution < 1.29 is 13.2 Å². The standard InChI is InChI=1S/C13H8Br2F3N/c14-7-4-10(17)12(11(18)5-7)13(19)6-1-2-9(16)8(15)3-6/h1-5,13H,19H2. The Balaban J connectivity index is 2.49. The fourth-order valence-electron chi connectivity index (χ4n) is 1.72. The topological polar surface area (TPSA) is 26.0 Å². The van der Waals surface area contributed by atoms with Gasteiger partial charge in [0.25, 0.3) is 0 Å². The first-order valence-electron chi connectivity index (χ1n) is 5.25. The highest BCUT2D eigenvalue weighted by molar-refractivity contribution is 9.10. The van der Waals surface area contributed by atoms with E-state index in [-0.39, 0.29) is 10.0 Å². The summed E-state index contributed by atoms with van der Waals surface area (Å²) in [4.78, 5) is 0. The molecule has 1 atom stereocenters. The van der Waals surface area contributed by atoms with Crippen LogP contribution in [0.3, 0.4) is 0 Å². The van der Waals surface area contributed by atoms with Gasteiger partial charge >= 0.3 is 0 Å². The van der Waals surface area contributed by atoms with Crippen molar-refractivity contribution in [1.29, 1.82) is 0 Å². The second-order valence-corrected chi connectivity index (χ2v) is 5.70. The molecule has 0 radical (unpaired) electrons. The molecule has 0 heterocycles. The van der Waals surface area contributed by atoms with Crippen molar-refractivity contribution in [2.24, 2.45) is 5.73 Å². The van der Waals surface area contributed by atoms with E-state index in [1.54, 1.807) is 0 Å². The number of hydrogen-bond acceptors (Lipinski definition) is 1. The number of nitrogens with two attached hydrogens (primary N) is 1. The summed E-state index contributed by atoms with van der Waals surface area (Å²) in [6.45, 7) is 0. The third-order valence-corrected chi connectivity index (χ3v) is 3.72. The van der Waals surface area contributed by atoms with Gasteiger partial charge in [0.15, 0.2) is 0 Å². The Bertz CT molecular complexity index is 608. The molecule has 1 nitrogen and oxygen atoms in total. The molecule has 19 heavy (non-hydrogen) atoms. The van der Waals surface area contributed by atoms with Crippen molar-refractivity contribution >= 4 is 31.9 Å². The molecule has 2 N–H and O–H groups in total. The van der Waals surface area contributed by atoms with E-state index in [9.17, 15) is 13.2 Å². The summed E-state index contributed by atoms with van der Waals surface area (Å²) in [5, 5.41) is 0. The maximum Gasteiger partial charge on any atom is 0.137 e. The summed E-state index contributed by atoms with van der Waals surface area (Å²) >= 11 is 6.01. The molecule has 0 spiro atoms. The predicted octanol–water partition coefficient (Wildman–Crippen LogP) is 4.68. The van der Waals surface area contributed by atoms with E-state index in [4.69, 9.17) is 5.73 Å². The monoisotopic (exact) mass is 393 g/mol. The molecule has 0 fully saturated rings. The van der Waals surface area contributed by atoms with Crippen molar-refractivity contribution in [1.82, 2.24) is 0 Å². The molecule has 0 aliphatic heterocycles. The number of rotatable bonds is 2. The molecule has 0 aliphatic carbocycles. The third kappa shape index (κ3) is 3.01. The van der Waals surface area contributed by atoms with Gasteiger partial charge in [-0.1, -0.05) is 22.0 Å². The van der Waals surface area contributed by atoms with Crippen LogP contribution in [0.1, 0.15) is 17.2 Å². The van der Waals surface area contributed by atoms with Gasteiger partial charge in [-0.25, -0.2) is 13.2 Å². The first-order chi connectivity index (χ1) is 8.90. The minimum absolute atomic E-state index is 0.193. The smallest absolute Gasteiger partial charge is 0.137 e. The summed E-state index contributed by atoms with van der Waals surface area (Å²) < 4.78 is 41.2. The second kappa shape index (κ2) is 5.64. The lowest BCUT2D eigenvalue weighted by Crippen LogP contribution is -2.16. The second-order valence-electron chi connectivity index (χ2n) is 3.93. The fraction of sp³-hybridized carbons (Fsp3) is 0.0769. The van der Waals surface area contributed by atoms with E-state index in [0.29, 0.717) is 10.0 Å². The number of benzene rings is 2. The predicted molar refractivity (Wildman–Crippen MR) is 74.2 cm³/mol. The van der Waals surface area contributed by atoms with Crippen LogP contribution in [0.5, 0.6) is 0 Å². The highest BCUT2D eigenvalue weighted by atomic mass is 79.9. The highest BCUT2D eigenvalue weighted by Crippen LogP contribution is 2.29. The van der Waals surface area contributed by atoms with E-state index in [1.165, 1.54) is 18.2 Å².